The van der Waals surface area contributed by atoms with Crippen LogP contribution in [-0.2, 0) is 21.0 Å². The van der Waals surface area contributed by atoms with E-state index in [-0.39, 0.29) is 23.8 Å². The van der Waals surface area contributed by atoms with Gasteiger partial charge in [0.25, 0.3) is 5.91 Å². The third-order valence-corrected chi connectivity index (χ3v) is 8.93. The topological polar surface area (TPSA) is 98.5 Å². The summed E-state index contributed by atoms with van der Waals surface area (Å²) in [5, 5.41) is 8.53. The average molecular weight is 461 g/mol. The molecule has 0 aromatic heterocycles. The Balaban J connectivity index is 1.51. The highest BCUT2D eigenvalue weighted by molar-refractivity contribution is 7.90. The molecule has 4 bridgehead atoms. The van der Waals surface area contributed by atoms with Gasteiger partial charge in [-0.15, -0.1) is 0 Å². The van der Waals surface area contributed by atoms with Gasteiger partial charge in [0, 0.05) is 6.04 Å². The number of rotatable bonds is 5. The van der Waals surface area contributed by atoms with Crippen molar-refractivity contribution in [1.82, 2.24) is 5.32 Å². The molecule has 4 fully saturated rings. The van der Waals surface area contributed by atoms with Gasteiger partial charge in [-0.2, -0.15) is 13.2 Å². The Bertz CT molecular complexity index is 977. The SMILES string of the molecule is CC(C)(Oc1ccccc1C(F)(F)F)C(=O)NC1C2CC3CC1CC(S(N)(=O)=O)(C3)C2. The van der Waals surface area contributed by atoms with Gasteiger partial charge in [-0.1, -0.05) is 12.1 Å². The molecule has 0 spiro atoms. The molecule has 4 saturated carbocycles. The lowest BCUT2D eigenvalue weighted by Crippen LogP contribution is -2.66. The largest absolute Gasteiger partial charge is 0.477 e. The Morgan fingerprint density at radius 1 is 1.13 bits per heavy atom. The first-order valence-electron chi connectivity index (χ1n) is 10.4. The second-order valence-corrected chi connectivity index (χ2v) is 11.8. The molecule has 3 N–H and O–H groups in total. The number of benzene rings is 1. The quantitative estimate of drug-likeness (QED) is 0.705. The predicted octanol–water partition coefficient (Wildman–Crippen LogP) is 3.21. The number of nitrogens with one attached hydrogen (secondary N) is 1. The normalized spacial score (nSPS) is 32.7. The molecule has 1 amide bonds. The molecule has 4 aliphatic rings. The van der Waals surface area contributed by atoms with Crippen LogP contribution < -0.4 is 15.2 Å². The van der Waals surface area contributed by atoms with Crippen molar-refractivity contribution in [3.63, 3.8) is 0 Å². The molecular formula is C21H27F3N2O4S. The number of primary sulfonamides is 1. The van der Waals surface area contributed by atoms with E-state index in [9.17, 15) is 26.4 Å². The van der Waals surface area contributed by atoms with Gasteiger partial charge < -0.3 is 10.1 Å². The van der Waals surface area contributed by atoms with E-state index in [0.29, 0.717) is 19.3 Å². The molecule has 10 heteroatoms. The lowest BCUT2D eigenvalue weighted by atomic mass is 9.53. The Kier molecular flexibility index (Phi) is 5.13. The maximum absolute atomic E-state index is 13.3. The number of para-hydroxylation sites is 1. The zero-order chi connectivity index (χ0) is 22.8. The van der Waals surface area contributed by atoms with E-state index in [1.807, 2.05) is 0 Å². The molecule has 5 rings (SSSR count). The summed E-state index contributed by atoms with van der Waals surface area (Å²) >= 11 is 0. The lowest BCUT2D eigenvalue weighted by molar-refractivity contribution is -0.144. The minimum absolute atomic E-state index is 0.0215. The first kappa shape index (κ1) is 22.4. The summed E-state index contributed by atoms with van der Waals surface area (Å²) in [6.45, 7) is 2.86. The van der Waals surface area contributed by atoms with Gasteiger partial charge in [0.2, 0.25) is 10.0 Å². The van der Waals surface area contributed by atoms with Crippen LogP contribution in [0.15, 0.2) is 24.3 Å². The fourth-order valence-corrected chi connectivity index (χ4v) is 7.33. The van der Waals surface area contributed by atoms with E-state index in [4.69, 9.17) is 9.88 Å². The number of sulfonamides is 1. The number of hydrogen-bond donors (Lipinski definition) is 2. The maximum atomic E-state index is 13.3. The van der Waals surface area contributed by atoms with Crippen LogP contribution in [0.25, 0.3) is 0 Å². The number of ether oxygens (including phenoxy) is 1. The van der Waals surface area contributed by atoms with Gasteiger partial charge in [-0.3, -0.25) is 4.79 Å². The second-order valence-electron chi connectivity index (χ2n) is 9.80. The number of halogens is 3. The molecule has 1 aromatic rings. The summed E-state index contributed by atoms with van der Waals surface area (Å²) in [7, 11) is -3.71. The third kappa shape index (κ3) is 3.92. The van der Waals surface area contributed by atoms with Crippen LogP contribution in [0.5, 0.6) is 5.75 Å². The third-order valence-electron chi connectivity index (χ3n) is 7.22. The maximum Gasteiger partial charge on any atom is 0.419 e. The van der Waals surface area contributed by atoms with E-state index in [1.165, 1.54) is 32.0 Å². The standard InChI is InChI=1S/C21H27F3N2O4S/c1-19(2,30-16-6-4-3-5-15(16)21(22,23)24)18(27)26-17-13-7-12-8-14(17)11-20(9-12,10-13)31(25,28)29/h3-6,12-14,17H,7-11H2,1-2H3,(H,26,27)(H2,25,28,29). The summed E-state index contributed by atoms with van der Waals surface area (Å²) in [4.78, 5) is 13.0. The zero-order valence-corrected chi connectivity index (χ0v) is 18.2. The molecule has 172 valence electrons. The average Bonchev–Trinajstić information content (AvgIpc) is 2.62. The van der Waals surface area contributed by atoms with Crippen molar-refractivity contribution in [3.05, 3.63) is 29.8 Å². The van der Waals surface area contributed by atoms with Gasteiger partial charge in [0.15, 0.2) is 5.60 Å². The van der Waals surface area contributed by atoms with Gasteiger partial charge in [0.1, 0.15) is 5.75 Å². The van der Waals surface area contributed by atoms with Gasteiger partial charge in [0.05, 0.1) is 10.3 Å². The smallest absolute Gasteiger partial charge is 0.419 e. The highest BCUT2D eigenvalue weighted by atomic mass is 32.2. The molecule has 31 heavy (non-hydrogen) atoms. The molecule has 0 saturated heterocycles. The van der Waals surface area contributed by atoms with Crippen molar-refractivity contribution in [2.24, 2.45) is 22.9 Å². The zero-order valence-electron chi connectivity index (χ0n) is 17.4. The Morgan fingerprint density at radius 2 is 1.71 bits per heavy atom. The molecule has 0 radical (unpaired) electrons. The molecule has 4 aliphatic carbocycles. The number of nitrogens with two attached hydrogens (primary N) is 1. The molecular weight excluding hydrogens is 433 g/mol. The van der Waals surface area contributed by atoms with Crippen molar-refractivity contribution in [2.45, 2.75) is 68.5 Å². The highest BCUT2D eigenvalue weighted by Gasteiger charge is 2.60. The van der Waals surface area contributed by atoms with Crippen molar-refractivity contribution >= 4 is 15.9 Å². The highest BCUT2D eigenvalue weighted by Crippen LogP contribution is 2.58. The predicted molar refractivity (Wildman–Crippen MR) is 107 cm³/mol. The van der Waals surface area contributed by atoms with E-state index in [0.717, 1.165) is 18.9 Å². The number of carbonyl (C=O) groups excluding carboxylic acids is 1. The van der Waals surface area contributed by atoms with Crippen LogP contribution in [0.2, 0.25) is 0 Å². The monoisotopic (exact) mass is 460 g/mol. The number of carbonyl (C=O) groups is 1. The molecule has 0 heterocycles. The Hall–Kier alpha value is -1.81. The number of hydrogen-bond acceptors (Lipinski definition) is 4. The van der Waals surface area contributed by atoms with Crippen molar-refractivity contribution in [1.29, 1.82) is 0 Å². The van der Waals surface area contributed by atoms with E-state index < -0.39 is 43.8 Å². The summed E-state index contributed by atoms with van der Waals surface area (Å²) < 4.78 is 69.0. The van der Waals surface area contributed by atoms with Crippen LogP contribution in [0.1, 0.15) is 51.5 Å². The second kappa shape index (κ2) is 7.10. The van der Waals surface area contributed by atoms with Gasteiger partial charge >= 0.3 is 6.18 Å². The molecule has 0 aliphatic heterocycles. The van der Waals surface area contributed by atoms with E-state index >= 15 is 0 Å². The van der Waals surface area contributed by atoms with Gasteiger partial charge in [-0.05, 0) is 75.8 Å². The number of amides is 1. The molecule has 2 unspecified atom stereocenters. The fraction of sp³-hybridized carbons (Fsp3) is 0.667. The van der Waals surface area contributed by atoms with Crippen LogP contribution in [0, 0.1) is 17.8 Å². The fourth-order valence-electron chi connectivity index (χ4n) is 5.97. The van der Waals surface area contributed by atoms with Crippen LogP contribution >= 0.6 is 0 Å². The first-order chi connectivity index (χ1) is 14.2. The molecule has 1 aromatic carbocycles. The first-order valence-corrected chi connectivity index (χ1v) is 11.9. The Morgan fingerprint density at radius 3 is 2.26 bits per heavy atom. The Labute approximate surface area is 179 Å². The van der Waals surface area contributed by atoms with Crippen molar-refractivity contribution in [2.75, 3.05) is 0 Å². The van der Waals surface area contributed by atoms with E-state index in [2.05, 4.69) is 5.32 Å². The lowest BCUT2D eigenvalue weighted by Gasteiger charge is -2.59. The van der Waals surface area contributed by atoms with Crippen molar-refractivity contribution in [3.8, 4) is 5.75 Å². The van der Waals surface area contributed by atoms with Crippen LogP contribution in [0.3, 0.4) is 0 Å². The summed E-state index contributed by atoms with van der Waals surface area (Å²) in [6.07, 6.45) is -1.59. The minimum Gasteiger partial charge on any atom is -0.477 e. The molecule has 2 atom stereocenters. The summed E-state index contributed by atoms with van der Waals surface area (Å²) in [6, 6.07) is 4.55. The summed E-state index contributed by atoms with van der Waals surface area (Å²) in [5.41, 5.74) is -2.49. The number of alkyl halides is 3. The summed E-state index contributed by atoms with van der Waals surface area (Å²) in [5.74, 6) is -0.703. The minimum atomic E-state index is -4.60. The van der Waals surface area contributed by atoms with E-state index in [1.54, 1.807) is 0 Å². The van der Waals surface area contributed by atoms with Crippen molar-refractivity contribution < 1.29 is 31.1 Å². The van der Waals surface area contributed by atoms with Crippen LogP contribution in [0.4, 0.5) is 13.2 Å². The van der Waals surface area contributed by atoms with Crippen LogP contribution in [-0.4, -0.2) is 30.7 Å². The van der Waals surface area contributed by atoms with Gasteiger partial charge in [-0.25, -0.2) is 13.6 Å². The molecule has 6 nitrogen and oxygen atoms in total.